The van der Waals surface area contributed by atoms with Crippen LogP contribution in [-0.2, 0) is 12.0 Å². The van der Waals surface area contributed by atoms with Crippen LogP contribution in [0.25, 0.3) is 0 Å². The third kappa shape index (κ3) is 6.62. The lowest BCUT2D eigenvalue weighted by Crippen LogP contribution is -2.39. The first-order valence-electron chi connectivity index (χ1n) is 9.48. The minimum atomic E-state index is 0.110. The van der Waals surface area contributed by atoms with Gasteiger partial charge in [0.1, 0.15) is 24.7 Å². The first-order valence-corrected chi connectivity index (χ1v) is 9.48. The van der Waals surface area contributed by atoms with Gasteiger partial charge in [0.15, 0.2) is 5.96 Å². The molecule has 0 saturated carbocycles. The molecule has 0 fully saturated rings. The van der Waals surface area contributed by atoms with E-state index < -0.39 is 0 Å². The van der Waals surface area contributed by atoms with Crippen LogP contribution in [-0.4, -0.2) is 30.6 Å². The van der Waals surface area contributed by atoms with E-state index in [-0.39, 0.29) is 5.41 Å². The maximum Gasteiger partial charge on any atom is 0.216 e. The molecule has 0 unspecified atom stereocenters. The summed E-state index contributed by atoms with van der Waals surface area (Å²) in [6.07, 6.45) is 0. The Labute approximate surface area is 162 Å². The highest BCUT2D eigenvalue weighted by atomic mass is 16.5. The SMILES string of the molecule is CCNC(=NCc1nc(C)c(C)o1)NCCOc1cccc(C(C)(C)C)c1. The summed E-state index contributed by atoms with van der Waals surface area (Å²) in [5.41, 5.74) is 2.28. The Hall–Kier alpha value is -2.50. The predicted octanol–water partition coefficient (Wildman–Crippen LogP) is 3.72. The minimum Gasteiger partial charge on any atom is -0.492 e. The average molecular weight is 373 g/mol. The van der Waals surface area contributed by atoms with Crippen LogP contribution >= 0.6 is 0 Å². The van der Waals surface area contributed by atoms with Crippen molar-refractivity contribution in [2.45, 2.75) is 53.5 Å². The Morgan fingerprint density at radius 1 is 1.22 bits per heavy atom. The molecule has 1 aromatic heterocycles. The van der Waals surface area contributed by atoms with Crippen molar-refractivity contribution in [1.82, 2.24) is 15.6 Å². The normalized spacial score (nSPS) is 12.1. The average Bonchev–Trinajstić information content (AvgIpc) is 2.94. The van der Waals surface area contributed by atoms with Crippen LogP contribution in [0.15, 0.2) is 33.7 Å². The molecule has 0 bridgehead atoms. The topological polar surface area (TPSA) is 71.7 Å². The highest BCUT2D eigenvalue weighted by molar-refractivity contribution is 5.79. The van der Waals surface area contributed by atoms with Crippen molar-refractivity contribution in [2.24, 2.45) is 4.99 Å². The Kier molecular flexibility index (Phi) is 7.28. The van der Waals surface area contributed by atoms with E-state index >= 15 is 0 Å². The largest absolute Gasteiger partial charge is 0.492 e. The van der Waals surface area contributed by atoms with Crippen molar-refractivity contribution in [3.8, 4) is 5.75 Å². The highest BCUT2D eigenvalue weighted by Crippen LogP contribution is 2.25. The molecule has 0 aliphatic rings. The number of ether oxygens (including phenoxy) is 1. The van der Waals surface area contributed by atoms with Crippen LogP contribution in [0.4, 0.5) is 0 Å². The van der Waals surface area contributed by atoms with Crippen molar-refractivity contribution >= 4 is 5.96 Å². The summed E-state index contributed by atoms with van der Waals surface area (Å²) < 4.78 is 11.4. The third-order valence-corrected chi connectivity index (χ3v) is 4.15. The maximum atomic E-state index is 5.88. The van der Waals surface area contributed by atoms with Crippen LogP contribution < -0.4 is 15.4 Å². The van der Waals surface area contributed by atoms with E-state index in [0.717, 1.165) is 29.7 Å². The zero-order valence-electron chi connectivity index (χ0n) is 17.3. The van der Waals surface area contributed by atoms with E-state index in [1.54, 1.807) is 0 Å². The van der Waals surface area contributed by atoms with Crippen molar-refractivity contribution in [2.75, 3.05) is 19.7 Å². The molecule has 6 nitrogen and oxygen atoms in total. The van der Waals surface area contributed by atoms with Gasteiger partial charge in [-0.05, 0) is 43.9 Å². The van der Waals surface area contributed by atoms with E-state index in [2.05, 4.69) is 53.5 Å². The number of hydrogen-bond acceptors (Lipinski definition) is 4. The lowest BCUT2D eigenvalue weighted by atomic mass is 9.87. The first kappa shape index (κ1) is 20.8. The Bertz CT molecular complexity index is 740. The molecule has 0 radical (unpaired) electrons. The van der Waals surface area contributed by atoms with Gasteiger partial charge >= 0.3 is 0 Å². The predicted molar refractivity (Wildman–Crippen MR) is 109 cm³/mol. The van der Waals surface area contributed by atoms with Gasteiger partial charge in [0.2, 0.25) is 5.89 Å². The Balaban J connectivity index is 1.84. The lowest BCUT2D eigenvalue weighted by Gasteiger charge is -2.20. The maximum absolute atomic E-state index is 5.88. The zero-order valence-corrected chi connectivity index (χ0v) is 17.3. The van der Waals surface area contributed by atoms with Crippen molar-refractivity contribution in [3.05, 3.63) is 47.2 Å². The van der Waals surface area contributed by atoms with Crippen LogP contribution in [0.3, 0.4) is 0 Å². The fraction of sp³-hybridized carbons (Fsp3) is 0.524. The van der Waals surface area contributed by atoms with Gasteiger partial charge in [-0.2, -0.15) is 0 Å². The summed E-state index contributed by atoms with van der Waals surface area (Å²) in [5, 5.41) is 6.49. The first-order chi connectivity index (χ1) is 12.8. The Morgan fingerprint density at radius 2 is 2.00 bits per heavy atom. The number of nitrogens with zero attached hydrogens (tertiary/aromatic N) is 2. The fourth-order valence-electron chi connectivity index (χ4n) is 2.49. The van der Waals surface area contributed by atoms with E-state index in [0.29, 0.717) is 25.6 Å². The van der Waals surface area contributed by atoms with Gasteiger partial charge in [-0.3, -0.25) is 0 Å². The molecule has 6 heteroatoms. The highest BCUT2D eigenvalue weighted by Gasteiger charge is 2.13. The molecule has 0 atom stereocenters. The molecule has 2 aromatic rings. The molecular weight excluding hydrogens is 340 g/mol. The number of benzene rings is 1. The van der Waals surface area contributed by atoms with Gasteiger partial charge in [-0.1, -0.05) is 32.9 Å². The number of nitrogens with one attached hydrogen (secondary N) is 2. The van der Waals surface area contributed by atoms with Crippen LogP contribution in [0.1, 0.15) is 50.6 Å². The van der Waals surface area contributed by atoms with Gasteiger partial charge in [0.25, 0.3) is 0 Å². The fourth-order valence-corrected chi connectivity index (χ4v) is 2.49. The van der Waals surface area contributed by atoms with Crippen LogP contribution in [0.2, 0.25) is 0 Å². The molecule has 1 aromatic carbocycles. The van der Waals surface area contributed by atoms with Gasteiger partial charge in [-0.15, -0.1) is 0 Å². The zero-order chi connectivity index (χ0) is 19.9. The molecule has 0 saturated heterocycles. The Morgan fingerprint density at radius 3 is 2.63 bits per heavy atom. The quantitative estimate of drug-likeness (QED) is 0.440. The number of aromatic nitrogens is 1. The van der Waals surface area contributed by atoms with Gasteiger partial charge in [0.05, 0.1) is 12.2 Å². The summed E-state index contributed by atoms with van der Waals surface area (Å²) in [6.45, 7) is 14.8. The molecule has 0 aliphatic carbocycles. The van der Waals surface area contributed by atoms with Gasteiger partial charge < -0.3 is 19.8 Å². The van der Waals surface area contributed by atoms with Gasteiger partial charge in [0, 0.05) is 6.54 Å². The summed E-state index contributed by atoms with van der Waals surface area (Å²) in [4.78, 5) is 8.86. The molecule has 148 valence electrons. The number of aryl methyl sites for hydroxylation is 2. The molecule has 0 spiro atoms. The minimum absolute atomic E-state index is 0.110. The summed E-state index contributed by atoms with van der Waals surface area (Å²) in [5.74, 6) is 3.07. The van der Waals surface area contributed by atoms with E-state index in [1.807, 2.05) is 32.9 Å². The standard InChI is InChI=1S/C21H32N4O2/c1-7-22-20(24-14-19-25-15(2)16(3)27-19)23-11-12-26-18-10-8-9-17(13-18)21(4,5)6/h8-10,13H,7,11-12,14H2,1-6H3,(H2,22,23,24). The molecule has 2 rings (SSSR count). The van der Waals surface area contributed by atoms with E-state index in [9.17, 15) is 0 Å². The van der Waals surface area contributed by atoms with Crippen molar-refractivity contribution in [1.29, 1.82) is 0 Å². The molecular formula is C21H32N4O2. The van der Waals surface area contributed by atoms with Gasteiger partial charge in [-0.25, -0.2) is 9.98 Å². The number of guanidine groups is 1. The summed E-state index contributed by atoms with van der Waals surface area (Å²) in [7, 11) is 0. The van der Waals surface area contributed by atoms with E-state index in [4.69, 9.17) is 9.15 Å². The van der Waals surface area contributed by atoms with Crippen molar-refractivity contribution < 1.29 is 9.15 Å². The molecule has 27 heavy (non-hydrogen) atoms. The summed E-state index contributed by atoms with van der Waals surface area (Å²) >= 11 is 0. The second-order valence-corrected chi connectivity index (χ2v) is 7.50. The number of hydrogen-bond donors (Lipinski definition) is 2. The van der Waals surface area contributed by atoms with Crippen molar-refractivity contribution in [3.63, 3.8) is 0 Å². The second-order valence-electron chi connectivity index (χ2n) is 7.50. The number of rotatable bonds is 7. The van der Waals surface area contributed by atoms with Crippen LogP contribution in [0.5, 0.6) is 5.75 Å². The number of aliphatic imine (C=N–C) groups is 1. The molecule has 1 heterocycles. The molecule has 0 aliphatic heterocycles. The lowest BCUT2D eigenvalue weighted by molar-refractivity contribution is 0.321. The van der Waals surface area contributed by atoms with Crippen LogP contribution in [0, 0.1) is 13.8 Å². The summed E-state index contributed by atoms with van der Waals surface area (Å²) in [6, 6.07) is 8.26. The molecule has 2 N–H and O–H groups in total. The molecule has 0 amide bonds. The second kappa shape index (κ2) is 9.44. The van der Waals surface area contributed by atoms with E-state index in [1.165, 1.54) is 5.56 Å². The third-order valence-electron chi connectivity index (χ3n) is 4.15. The smallest absolute Gasteiger partial charge is 0.216 e. The monoisotopic (exact) mass is 372 g/mol. The number of oxazole rings is 1.